The normalized spacial score (nSPS) is 10.7. The van der Waals surface area contributed by atoms with Crippen LogP contribution in [0.5, 0.6) is 0 Å². The lowest BCUT2D eigenvalue weighted by molar-refractivity contribution is -0.129. The molecule has 1 N–H and O–H groups in total. The third kappa shape index (κ3) is 6.27. The van der Waals surface area contributed by atoms with Gasteiger partial charge in [0.15, 0.2) is 0 Å². The number of amides is 2. The van der Waals surface area contributed by atoms with Crippen molar-refractivity contribution in [3.63, 3.8) is 0 Å². The molecule has 0 saturated carbocycles. The fourth-order valence-corrected chi connectivity index (χ4v) is 3.42. The summed E-state index contributed by atoms with van der Waals surface area (Å²) in [6, 6.07) is 27.2. The van der Waals surface area contributed by atoms with Crippen molar-refractivity contribution in [2.75, 3.05) is 18.5 Å². The molecule has 5 heteroatoms. The van der Waals surface area contributed by atoms with Crippen LogP contribution in [0.3, 0.4) is 0 Å². The molecule has 0 fully saturated rings. The van der Waals surface area contributed by atoms with E-state index in [0.29, 0.717) is 18.8 Å². The van der Waals surface area contributed by atoms with Crippen molar-refractivity contribution < 1.29 is 14.3 Å². The van der Waals surface area contributed by atoms with Gasteiger partial charge in [-0.3, -0.25) is 9.59 Å². The second-order valence-electron chi connectivity index (χ2n) is 7.25. The SMILES string of the molecule is CCN(Cc1ccccc1NC(=O)COC(c1ccccc1)c1ccccc1)C(C)=O. The van der Waals surface area contributed by atoms with Gasteiger partial charge in [0.05, 0.1) is 0 Å². The summed E-state index contributed by atoms with van der Waals surface area (Å²) in [4.78, 5) is 26.2. The van der Waals surface area contributed by atoms with Gasteiger partial charge in [0.25, 0.3) is 0 Å². The lowest BCUT2D eigenvalue weighted by Gasteiger charge is -2.21. The number of carbonyl (C=O) groups is 2. The van der Waals surface area contributed by atoms with Gasteiger partial charge in [0.2, 0.25) is 11.8 Å². The highest BCUT2D eigenvalue weighted by atomic mass is 16.5. The Kier molecular flexibility index (Phi) is 7.96. The summed E-state index contributed by atoms with van der Waals surface area (Å²) in [5.41, 5.74) is 3.55. The zero-order chi connectivity index (χ0) is 22.1. The highest BCUT2D eigenvalue weighted by Crippen LogP contribution is 2.26. The smallest absolute Gasteiger partial charge is 0.250 e. The number of anilines is 1. The maximum atomic E-state index is 12.7. The molecule has 31 heavy (non-hydrogen) atoms. The third-order valence-corrected chi connectivity index (χ3v) is 5.07. The minimum Gasteiger partial charge on any atom is -0.359 e. The second kappa shape index (κ2) is 11.1. The molecule has 0 atom stereocenters. The third-order valence-electron chi connectivity index (χ3n) is 5.07. The molecule has 3 aromatic rings. The van der Waals surface area contributed by atoms with E-state index in [1.54, 1.807) is 11.8 Å². The number of nitrogens with one attached hydrogen (secondary N) is 1. The first-order chi connectivity index (χ1) is 15.1. The van der Waals surface area contributed by atoms with E-state index in [-0.39, 0.29) is 24.5 Å². The van der Waals surface area contributed by atoms with Gasteiger partial charge in [-0.25, -0.2) is 0 Å². The quantitative estimate of drug-likeness (QED) is 0.545. The van der Waals surface area contributed by atoms with Crippen molar-refractivity contribution in [2.24, 2.45) is 0 Å². The molecule has 0 unspecified atom stereocenters. The molecule has 160 valence electrons. The van der Waals surface area contributed by atoms with Gasteiger partial charge in [-0.2, -0.15) is 0 Å². The summed E-state index contributed by atoms with van der Waals surface area (Å²) in [5, 5.41) is 2.94. The number of benzene rings is 3. The van der Waals surface area contributed by atoms with Crippen LogP contribution < -0.4 is 5.32 Å². The Morgan fingerprint density at radius 2 is 1.42 bits per heavy atom. The van der Waals surface area contributed by atoms with Crippen molar-refractivity contribution in [2.45, 2.75) is 26.5 Å². The number of ether oxygens (including phenoxy) is 1. The van der Waals surface area contributed by atoms with Crippen LogP contribution in [0, 0.1) is 0 Å². The minimum atomic E-state index is -0.336. The Bertz CT molecular complexity index is 950. The number of nitrogens with zero attached hydrogens (tertiary/aromatic N) is 1. The van der Waals surface area contributed by atoms with E-state index < -0.39 is 0 Å². The van der Waals surface area contributed by atoms with Crippen molar-refractivity contribution in [3.8, 4) is 0 Å². The molecule has 0 aliphatic heterocycles. The number of hydrogen-bond acceptors (Lipinski definition) is 3. The Morgan fingerprint density at radius 3 is 1.97 bits per heavy atom. The molecule has 0 aliphatic rings. The van der Waals surface area contributed by atoms with E-state index >= 15 is 0 Å². The van der Waals surface area contributed by atoms with Crippen LogP contribution in [0.4, 0.5) is 5.69 Å². The molecule has 0 radical (unpaired) electrons. The minimum absolute atomic E-state index is 0.000488. The highest BCUT2D eigenvalue weighted by molar-refractivity contribution is 5.92. The lowest BCUT2D eigenvalue weighted by Crippen LogP contribution is -2.28. The standard InChI is InChI=1S/C26H28N2O3/c1-3-28(20(2)29)18-23-16-10-11-17-24(23)27-25(30)19-31-26(21-12-6-4-7-13-21)22-14-8-5-9-15-22/h4-17,26H,3,18-19H2,1-2H3,(H,27,30). The van der Waals surface area contributed by atoms with E-state index in [0.717, 1.165) is 16.7 Å². The molecule has 3 rings (SSSR count). The van der Waals surface area contributed by atoms with E-state index in [9.17, 15) is 9.59 Å². The molecule has 0 saturated heterocycles. The van der Waals surface area contributed by atoms with Gasteiger partial charge in [0, 0.05) is 25.7 Å². The Balaban J connectivity index is 1.70. The van der Waals surface area contributed by atoms with Crippen LogP contribution >= 0.6 is 0 Å². The van der Waals surface area contributed by atoms with Gasteiger partial charge in [-0.1, -0.05) is 78.9 Å². The predicted molar refractivity (Wildman–Crippen MR) is 123 cm³/mol. The van der Waals surface area contributed by atoms with Crippen molar-refractivity contribution in [3.05, 3.63) is 102 Å². The average Bonchev–Trinajstić information content (AvgIpc) is 2.80. The summed E-state index contributed by atoms with van der Waals surface area (Å²) in [5.74, 6) is -0.240. The molecule has 0 aromatic heterocycles. The zero-order valence-electron chi connectivity index (χ0n) is 18.0. The van der Waals surface area contributed by atoms with Crippen LogP contribution in [0.25, 0.3) is 0 Å². The van der Waals surface area contributed by atoms with E-state index in [1.807, 2.05) is 91.9 Å². The topological polar surface area (TPSA) is 58.6 Å². The number of para-hydroxylation sites is 1. The van der Waals surface area contributed by atoms with Gasteiger partial charge in [-0.05, 0) is 29.7 Å². The Labute approximate surface area is 183 Å². The number of hydrogen-bond donors (Lipinski definition) is 1. The van der Waals surface area contributed by atoms with Gasteiger partial charge >= 0.3 is 0 Å². The molecule has 3 aromatic carbocycles. The maximum Gasteiger partial charge on any atom is 0.250 e. The molecule has 0 aliphatic carbocycles. The van der Waals surface area contributed by atoms with Crippen LogP contribution in [0.15, 0.2) is 84.9 Å². The van der Waals surface area contributed by atoms with Gasteiger partial charge in [-0.15, -0.1) is 0 Å². The van der Waals surface area contributed by atoms with Crippen molar-refractivity contribution >= 4 is 17.5 Å². The van der Waals surface area contributed by atoms with Crippen LogP contribution in [-0.2, 0) is 20.9 Å². The first-order valence-corrected chi connectivity index (χ1v) is 10.4. The van der Waals surface area contributed by atoms with Gasteiger partial charge in [0.1, 0.15) is 12.7 Å². The molecule has 0 bridgehead atoms. The molecule has 2 amide bonds. The second-order valence-corrected chi connectivity index (χ2v) is 7.25. The van der Waals surface area contributed by atoms with Crippen LogP contribution in [0.1, 0.15) is 36.6 Å². The van der Waals surface area contributed by atoms with Gasteiger partial charge < -0.3 is 15.0 Å². The van der Waals surface area contributed by atoms with E-state index in [2.05, 4.69) is 5.32 Å². The van der Waals surface area contributed by atoms with Crippen LogP contribution in [-0.4, -0.2) is 29.9 Å². The summed E-state index contributed by atoms with van der Waals surface area (Å²) >= 11 is 0. The van der Waals surface area contributed by atoms with E-state index in [1.165, 1.54) is 0 Å². The summed E-state index contributed by atoms with van der Waals surface area (Å²) in [7, 11) is 0. The molecular formula is C26H28N2O3. The highest BCUT2D eigenvalue weighted by Gasteiger charge is 2.17. The predicted octanol–water partition coefficient (Wildman–Crippen LogP) is 4.80. The lowest BCUT2D eigenvalue weighted by atomic mass is 10.0. The van der Waals surface area contributed by atoms with Crippen molar-refractivity contribution in [1.29, 1.82) is 0 Å². The molecule has 0 heterocycles. The van der Waals surface area contributed by atoms with Crippen LogP contribution in [0.2, 0.25) is 0 Å². The number of carbonyl (C=O) groups excluding carboxylic acids is 2. The average molecular weight is 417 g/mol. The molecule has 0 spiro atoms. The maximum absolute atomic E-state index is 12.7. The summed E-state index contributed by atoms with van der Waals surface area (Å²) in [6.07, 6.45) is -0.336. The van der Waals surface area contributed by atoms with Crippen molar-refractivity contribution in [1.82, 2.24) is 4.90 Å². The summed E-state index contributed by atoms with van der Waals surface area (Å²) < 4.78 is 6.05. The zero-order valence-corrected chi connectivity index (χ0v) is 18.0. The fraction of sp³-hybridized carbons (Fsp3) is 0.231. The fourth-order valence-electron chi connectivity index (χ4n) is 3.42. The van der Waals surface area contributed by atoms with E-state index in [4.69, 9.17) is 4.74 Å². The largest absolute Gasteiger partial charge is 0.359 e. The molecule has 5 nitrogen and oxygen atoms in total. The first-order valence-electron chi connectivity index (χ1n) is 10.4. The monoisotopic (exact) mass is 416 g/mol. The molecular weight excluding hydrogens is 388 g/mol. The Morgan fingerprint density at radius 1 is 0.871 bits per heavy atom. The summed E-state index contributed by atoms with van der Waals surface area (Å²) in [6.45, 7) is 4.44. The Hall–Kier alpha value is -3.44. The first kappa shape index (κ1) is 22.2. The number of rotatable bonds is 9.